The van der Waals surface area contributed by atoms with Gasteiger partial charge in [0, 0.05) is 45.4 Å². The van der Waals surface area contributed by atoms with Gasteiger partial charge in [0.2, 0.25) is 5.91 Å². The summed E-state index contributed by atoms with van der Waals surface area (Å²) in [7, 11) is 1.75. The number of hydrogen-bond donors (Lipinski definition) is 0. The summed E-state index contributed by atoms with van der Waals surface area (Å²) in [5.74, 6) is 0.0960. The minimum Gasteiger partial charge on any atom is -0.441 e. The molecule has 0 saturated carbocycles. The Bertz CT molecular complexity index is 549. The van der Waals surface area contributed by atoms with Crippen LogP contribution in [0, 0.1) is 0 Å². The van der Waals surface area contributed by atoms with Crippen LogP contribution in [0.4, 0.5) is 4.79 Å². The lowest BCUT2D eigenvalue weighted by molar-refractivity contribution is -0.138. The maximum absolute atomic E-state index is 12.7. The summed E-state index contributed by atoms with van der Waals surface area (Å²) in [6.07, 6.45) is 5.36. The van der Waals surface area contributed by atoms with E-state index in [1.54, 1.807) is 22.8 Å². The van der Waals surface area contributed by atoms with Crippen molar-refractivity contribution in [2.45, 2.75) is 37.8 Å². The number of amides is 2. The van der Waals surface area contributed by atoms with Crippen LogP contribution in [0.25, 0.3) is 0 Å². The molecule has 22 heavy (non-hydrogen) atoms. The van der Waals surface area contributed by atoms with Gasteiger partial charge in [-0.1, -0.05) is 6.92 Å². The highest BCUT2D eigenvalue weighted by Gasteiger charge is 2.46. The average molecular weight is 306 g/mol. The van der Waals surface area contributed by atoms with E-state index >= 15 is 0 Å². The van der Waals surface area contributed by atoms with Crippen molar-refractivity contribution in [1.82, 2.24) is 19.6 Å². The second-order valence-corrected chi connectivity index (χ2v) is 6.14. The first-order chi connectivity index (χ1) is 10.5. The third kappa shape index (κ3) is 2.55. The first kappa shape index (κ1) is 14.9. The molecule has 2 aliphatic rings. The number of hydrogen-bond acceptors (Lipinski definition) is 4. The molecule has 2 fully saturated rings. The predicted octanol–water partition coefficient (Wildman–Crippen LogP) is 1.28. The Hall–Kier alpha value is -2.05. The zero-order valence-corrected chi connectivity index (χ0v) is 13.1. The third-order valence-corrected chi connectivity index (χ3v) is 4.64. The van der Waals surface area contributed by atoms with E-state index in [0.29, 0.717) is 38.9 Å². The molecule has 2 amide bonds. The number of piperidine rings is 1. The van der Waals surface area contributed by atoms with Crippen molar-refractivity contribution in [2.75, 3.05) is 26.7 Å². The smallest absolute Gasteiger partial charge is 0.410 e. The van der Waals surface area contributed by atoms with Crippen LogP contribution >= 0.6 is 0 Å². The number of nitrogens with zero attached hydrogens (tertiary/aromatic N) is 4. The standard InChI is InChI=1S/C15H22N4O3/c1-3-12(19-8-4-7-16-19)13(20)18-9-5-15(6-10-18)11-17(2)14(21)22-15/h4,7-8,12H,3,5-6,9-11H2,1-2H3/t12-/m1/s1. The number of carbonyl (C=O) groups excluding carboxylic acids is 2. The van der Waals surface area contributed by atoms with E-state index in [0.717, 1.165) is 0 Å². The molecule has 7 heteroatoms. The van der Waals surface area contributed by atoms with Crippen LogP contribution in [0.1, 0.15) is 32.2 Å². The molecular formula is C15H22N4O3. The Morgan fingerprint density at radius 2 is 2.18 bits per heavy atom. The van der Waals surface area contributed by atoms with Gasteiger partial charge in [0.05, 0.1) is 6.54 Å². The summed E-state index contributed by atoms with van der Waals surface area (Å²) >= 11 is 0. The Morgan fingerprint density at radius 3 is 2.68 bits per heavy atom. The van der Waals surface area contributed by atoms with Gasteiger partial charge in [0.25, 0.3) is 0 Å². The van der Waals surface area contributed by atoms with Gasteiger partial charge in [-0.05, 0) is 12.5 Å². The summed E-state index contributed by atoms with van der Waals surface area (Å²) in [4.78, 5) is 27.8. The molecule has 1 spiro atoms. The van der Waals surface area contributed by atoms with E-state index < -0.39 is 5.60 Å². The predicted molar refractivity (Wildman–Crippen MR) is 79.2 cm³/mol. The number of ether oxygens (including phenoxy) is 1. The summed E-state index contributed by atoms with van der Waals surface area (Å²) in [5.41, 5.74) is -0.407. The van der Waals surface area contributed by atoms with E-state index in [2.05, 4.69) is 5.10 Å². The molecule has 120 valence electrons. The van der Waals surface area contributed by atoms with Gasteiger partial charge in [0.1, 0.15) is 11.6 Å². The molecule has 7 nitrogen and oxygen atoms in total. The van der Waals surface area contributed by atoms with E-state index in [1.165, 1.54) is 0 Å². The zero-order chi connectivity index (χ0) is 15.7. The molecule has 3 heterocycles. The van der Waals surface area contributed by atoms with E-state index in [1.807, 2.05) is 24.1 Å². The zero-order valence-electron chi connectivity index (χ0n) is 13.1. The number of aromatic nitrogens is 2. The SMILES string of the molecule is CC[C@H](C(=O)N1CCC2(CC1)CN(C)C(=O)O2)n1cccn1. The van der Waals surface area contributed by atoms with Crippen LogP contribution in [0.15, 0.2) is 18.5 Å². The molecule has 0 aromatic carbocycles. The van der Waals surface area contributed by atoms with E-state index in [-0.39, 0.29) is 18.0 Å². The maximum Gasteiger partial charge on any atom is 0.410 e. The van der Waals surface area contributed by atoms with Gasteiger partial charge in [0.15, 0.2) is 0 Å². The van der Waals surface area contributed by atoms with Gasteiger partial charge >= 0.3 is 6.09 Å². The summed E-state index contributed by atoms with van der Waals surface area (Å²) < 4.78 is 7.24. The fourth-order valence-corrected chi connectivity index (χ4v) is 3.34. The lowest BCUT2D eigenvalue weighted by Crippen LogP contribution is -2.50. The topological polar surface area (TPSA) is 67.7 Å². The lowest BCUT2D eigenvalue weighted by Gasteiger charge is -2.38. The Balaban J connectivity index is 1.64. The van der Waals surface area contributed by atoms with Gasteiger partial charge in [-0.2, -0.15) is 5.10 Å². The number of carbonyl (C=O) groups is 2. The van der Waals surface area contributed by atoms with Crippen molar-refractivity contribution in [3.63, 3.8) is 0 Å². The Labute approximate surface area is 129 Å². The average Bonchev–Trinajstić information content (AvgIpc) is 3.10. The van der Waals surface area contributed by atoms with E-state index in [4.69, 9.17) is 4.74 Å². The first-order valence-electron chi connectivity index (χ1n) is 7.77. The largest absolute Gasteiger partial charge is 0.441 e. The highest BCUT2D eigenvalue weighted by atomic mass is 16.6. The van der Waals surface area contributed by atoms with Crippen molar-refractivity contribution in [3.05, 3.63) is 18.5 Å². The van der Waals surface area contributed by atoms with Crippen LogP contribution in [0.5, 0.6) is 0 Å². The van der Waals surface area contributed by atoms with Gasteiger partial charge in [-0.25, -0.2) is 4.79 Å². The van der Waals surface area contributed by atoms with Crippen molar-refractivity contribution >= 4 is 12.0 Å². The van der Waals surface area contributed by atoms with Crippen LogP contribution < -0.4 is 0 Å². The molecule has 0 N–H and O–H groups in total. The fraction of sp³-hybridized carbons (Fsp3) is 0.667. The summed E-state index contributed by atoms with van der Waals surface area (Å²) in [5, 5.41) is 4.19. The summed E-state index contributed by atoms with van der Waals surface area (Å²) in [6, 6.07) is 1.58. The fourth-order valence-electron chi connectivity index (χ4n) is 3.34. The summed E-state index contributed by atoms with van der Waals surface area (Å²) in [6.45, 7) is 3.85. The molecule has 2 aliphatic heterocycles. The number of likely N-dealkylation sites (N-methyl/N-ethyl adjacent to an activating group) is 1. The van der Waals surface area contributed by atoms with Gasteiger partial charge in [-0.15, -0.1) is 0 Å². The highest BCUT2D eigenvalue weighted by molar-refractivity contribution is 5.80. The normalized spacial score (nSPS) is 22.0. The van der Waals surface area contributed by atoms with Gasteiger partial charge in [-0.3, -0.25) is 9.48 Å². The van der Waals surface area contributed by atoms with Gasteiger partial charge < -0.3 is 14.5 Å². The number of likely N-dealkylation sites (tertiary alicyclic amines) is 1. The second kappa shape index (κ2) is 5.62. The molecular weight excluding hydrogens is 284 g/mol. The molecule has 0 aliphatic carbocycles. The Kier molecular flexibility index (Phi) is 3.80. The number of rotatable bonds is 3. The minimum atomic E-state index is -0.407. The minimum absolute atomic E-state index is 0.0960. The third-order valence-electron chi connectivity index (χ3n) is 4.64. The highest BCUT2D eigenvalue weighted by Crippen LogP contribution is 2.33. The monoisotopic (exact) mass is 306 g/mol. The van der Waals surface area contributed by atoms with Crippen molar-refractivity contribution in [3.8, 4) is 0 Å². The quantitative estimate of drug-likeness (QED) is 0.843. The van der Waals surface area contributed by atoms with E-state index in [9.17, 15) is 9.59 Å². The van der Waals surface area contributed by atoms with Crippen LogP contribution in [-0.4, -0.2) is 63.9 Å². The molecule has 0 radical (unpaired) electrons. The molecule has 1 atom stereocenters. The Morgan fingerprint density at radius 1 is 1.45 bits per heavy atom. The van der Waals surface area contributed by atoms with Crippen molar-refractivity contribution < 1.29 is 14.3 Å². The molecule has 1 aromatic heterocycles. The van der Waals surface area contributed by atoms with Crippen LogP contribution in [-0.2, 0) is 9.53 Å². The molecule has 3 rings (SSSR count). The lowest BCUT2D eigenvalue weighted by atomic mass is 9.91. The molecule has 2 saturated heterocycles. The maximum atomic E-state index is 12.7. The molecule has 0 bridgehead atoms. The molecule has 1 aromatic rings. The molecule has 0 unspecified atom stereocenters. The van der Waals surface area contributed by atoms with Crippen molar-refractivity contribution in [2.24, 2.45) is 0 Å². The second-order valence-electron chi connectivity index (χ2n) is 6.14. The van der Waals surface area contributed by atoms with Crippen LogP contribution in [0.2, 0.25) is 0 Å². The van der Waals surface area contributed by atoms with Crippen LogP contribution in [0.3, 0.4) is 0 Å². The first-order valence-corrected chi connectivity index (χ1v) is 7.77. The van der Waals surface area contributed by atoms with Crippen molar-refractivity contribution in [1.29, 1.82) is 0 Å².